The Morgan fingerprint density at radius 2 is 2.00 bits per heavy atom. The van der Waals surface area contributed by atoms with Crippen LogP contribution < -0.4 is 0 Å². The van der Waals surface area contributed by atoms with E-state index in [0.29, 0.717) is 9.65 Å². The van der Waals surface area contributed by atoms with E-state index in [2.05, 4.69) is 70.0 Å². The van der Waals surface area contributed by atoms with E-state index < -0.39 is 0 Å². The van der Waals surface area contributed by atoms with E-state index in [1.165, 1.54) is 11.1 Å². The average Bonchev–Trinajstić information content (AvgIpc) is 2.04. The molecule has 13 heavy (non-hydrogen) atoms. The first kappa shape index (κ1) is 11.3. The van der Waals surface area contributed by atoms with Crippen LogP contribution in [0.1, 0.15) is 18.1 Å². The molecule has 0 amide bonds. The first-order valence-electron chi connectivity index (χ1n) is 4.43. The Morgan fingerprint density at radius 1 is 1.31 bits per heavy atom. The van der Waals surface area contributed by atoms with E-state index >= 15 is 0 Å². The maximum absolute atomic E-state index is 3.53. The fourth-order valence-electron chi connectivity index (χ4n) is 1.30. The zero-order valence-corrected chi connectivity index (χ0v) is 11.1. The maximum atomic E-state index is 3.53. The van der Waals surface area contributed by atoms with Crippen LogP contribution in [0.4, 0.5) is 0 Å². The second-order valence-electron chi connectivity index (χ2n) is 3.50. The summed E-state index contributed by atoms with van der Waals surface area (Å²) in [6, 6.07) is 8.69. The number of halogens is 2. The second kappa shape index (κ2) is 5.16. The minimum Gasteiger partial charge on any atom is -0.0762 e. The van der Waals surface area contributed by atoms with E-state index in [1.807, 2.05) is 0 Å². The van der Waals surface area contributed by atoms with Crippen molar-refractivity contribution in [2.45, 2.75) is 24.0 Å². The van der Waals surface area contributed by atoms with Gasteiger partial charge in [-0.1, -0.05) is 68.6 Å². The molecule has 0 bridgehead atoms. The van der Waals surface area contributed by atoms with Crippen molar-refractivity contribution in [2.75, 3.05) is 0 Å². The zero-order chi connectivity index (χ0) is 9.84. The van der Waals surface area contributed by atoms with Crippen LogP contribution in [0.2, 0.25) is 0 Å². The van der Waals surface area contributed by atoms with E-state index in [0.717, 1.165) is 6.42 Å². The van der Waals surface area contributed by atoms with Gasteiger partial charge in [-0.25, -0.2) is 0 Å². The van der Waals surface area contributed by atoms with Crippen molar-refractivity contribution in [2.24, 2.45) is 5.92 Å². The third kappa shape index (κ3) is 3.82. The zero-order valence-electron chi connectivity index (χ0n) is 7.93. The summed E-state index contributed by atoms with van der Waals surface area (Å²) < 4.78 is 0.403. The van der Waals surface area contributed by atoms with Crippen molar-refractivity contribution in [1.82, 2.24) is 0 Å². The highest BCUT2D eigenvalue weighted by molar-refractivity contribution is 9.24. The minimum absolute atomic E-state index is 0.403. The molecule has 1 aromatic carbocycles. The predicted molar refractivity (Wildman–Crippen MR) is 65.7 cm³/mol. The van der Waals surface area contributed by atoms with Gasteiger partial charge in [-0.3, -0.25) is 0 Å². The molecule has 0 heterocycles. The van der Waals surface area contributed by atoms with Crippen molar-refractivity contribution in [1.29, 1.82) is 0 Å². The molecule has 0 radical (unpaired) electrons. The summed E-state index contributed by atoms with van der Waals surface area (Å²) in [4.78, 5) is 0. The summed E-state index contributed by atoms with van der Waals surface area (Å²) in [5.74, 6) is 0.613. The molecule has 0 saturated heterocycles. The molecule has 1 unspecified atom stereocenters. The first-order chi connectivity index (χ1) is 6.09. The predicted octanol–water partition coefficient (Wildman–Crippen LogP) is 4.29. The number of hydrogen-bond acceptors (Lipinski definition) is 0. The van der Waals surface area contributed by atoms with Crippen LogP contribution in [0.3, 0.4) is 0 Å². The Bertz CT molecular complexity index is 269. The third-order valence-electron chi connectivity index (χ3n) is 2.07. The Balaban J connectivity index is 2.64. The van der Waals surface area contributed by atoms with E-state index in [9.17, 15) is 0 Å². The van der Waals surface area contributed by atoms with E-state index in [4.69, 9.17) is 0 Å². The topological polar surface area (TPSA) is 0 Å². The van der Waals surface area contributed by atoms with Gasteiger partial charge >= 0.3 is 0 Å². The van der Waals surface area contributed by atoms with E-state index in [1.54, 1.807) is 0 Å². The molecule has 1 aromatic rings. The summed E-state index contributed by atoms with van der Waals surface area (Å²) in [7, 11) is 0. The molecule has 72 valence electrons. The number of alkyl halides is 2. The molecular weight excluding hydrogens is 292 g/mol. The molecule has 1 rings (SSSR count). The molecular formula is C11H14Br2. The van der Waals surface area contributed by atoms with Gasteiger partial charge in [-0.2, -0.15) is 0 Å². The third-order valence-corrected chi connectivity index (χ3v) is 3.88. The lowest BCUT2D eigenvalue weighted by molar-refractivity contribution is 0.645. The number of benzene rings is 1. The summed E-state index contributed by atoms with van der Waals surface area (Å²) in [5, 5.41) is 0. The van der Waals surface area contributed by atoms with Crippen LogP contribution in [0.5, 0.6) is 0 Å². The van der Waals surface area contributed by atoms with Gasteiger partial charge in [-0.05, 0) is 24.8 Å². The van der Waals surface area contributed by atoms with Gasteiger partial charge in [0.15, 0.2) is 0 Å². The Morgan fingerprint density at radius 3 is 2.54 bits per heavy atom. The van der Waals surface area contributed by atoms with E-state index in [-0.39, 0.29) is 0 Å². The smallest absolute Gasteiger partial charge is 0.0726 e. The van der Waals surface area contributed by atoms with Crippen LogP contribution in [0.25, 0.3) is 0 Å². The second-order valence-corrected chi connectivity index (χ2v) is 6.71. The normalized spacial score (nSPS) is 13.3. The molecule has 2 heteroatoms. The fourth-order valence-corrected chi connectivity index (χ4v) is 1.67. The van der Waals surface area contributed by atoms with Crippen LogP contribution in [-0.4, -0.2) is 3.74 Å². The number of aryl methyl sites for hydroxylation is 1. The fraction of sp³-hybridized carbons (Fsp3) is 0.455. The van der Waals surface area contributed by atoms with Crippen LogP contribution in [0, 0.1) is 12.8 Å². The molecule has 0 aliphatic carbocycles. The molecule has 1 atom stereocenters. The standard InChI is InChI=1S/C11H14Br2/c1-8-4-3-5-10(6-8)7-9(2)11(12)13/h3-6,9,11H,7H2,1-2H3. The lowest BCUT2D eigenvalue weighted by Gasteiger charge is -2.12. The average molecular weight is 306 g/mol. The number of hydrogen-bond donors (Lipinski definition) is 0. The van der Waals surface area contributed by atoms with Gasteiger partial charge < -0.3 is 0 Å². The first-order valence-corrected chi connectivity index (χ1v) is 6.26. The van der Waals surface area contributed by atoms with Crippen molar-refractivity contribution in [3.05, 3.63) is 35.4 Å². The quantitative estimate of drug-likeness (QED) is 0.731. The summed E-state index contributed by atoms with van der Waals surface area (Å²) >= 11 is 7.06. The lowest BCUT2D eigenvalue weighted by atomic mass is 10.0. The molecule has 0 saturated carbocycles. The lowest BCUT2D eigenvalue weighted by Crippen LogP contribution is -2.06. The summed E-state index contributed by atoms with van der Waals surface area (Å²) in [6.07, 6.45) is 1.11. The van der Waals surface area contributed by atoms with Crippen LogP contribution in [-0.2, 0) is 6.42 Å². The highest BCUT2D eigenvalue weighted by atomic mass is 79.9. The highest BCUT2D eigenvalue weighted by Gasteiger charge is 2.10. The Labute approximate surface area is 97.0 Å². The van der Waals surface area contributed by atoms with Crippen molar-refractivity contribution in [3.8, 4) is 0 Å². The summed E-state index contributed by atoms with van der Waals surface area (Å²) in [5.41, 5.74) is 2.75. The number of rotatable bonds is 3. The monoisotopic (exact) mass is 304 g/mol. The maximum Gasteiger partial charge on any atom is 0.0726 e. The van der Waals surface area contributed by atoms with Gasteiger partial charge in [-0.15, -0.1) is 0 Å². The molecule has 0 aromatic heterocycles. The van der Waals surface area contributed by atoms with Crippen molar-refractivity contribution >= 4 is 31.9 Å². The van der Waals surface area contributed by atoms with Gasteiger partial charge in [0, 0.05) is 0 Å². The molecule has 0 fully saturated rings. The van der Waals surface area contributed by atoms with Gasteiger partial charge in [0.25, 0.3) is 0 Å². The van der Waals surface area contributed by atoms with Crippen molar-refractivity contribution in [3.63, 3.8) is 0 Å². The minimum atomic E-state index is 0.403. The summed E-state index contributed by atoms with van der Waals surface area (Å²) in [6.45, 7) is 4.37. The Hall–Kier alpha value is 0.180. The molecule has 0 spiro atoms. The molecule has 0 N–H and O–H groups in total. The molecule has 0 nitrogen and oxygen atoms in total. The highest BCUT2D eigenvalue weighted by Crippen LogP contribution is 2.23. The molecule has 0 aliphatic rings. The Kier molecular flexibility index (Phi) is 4.47. The largest absolute Gasteiger partial charge is 0.0762 e. The van der Waals surface area contributed by atoms with Gasteiger partial charge in [0.1, 0.15) is 0 Å². The SMILES string of the molecule is Cc1cccc(CC(C)C(Br)Br)c1. The van der Waals surface area contributed by atoms with Gasteiger partial charge in [0.05, 0.1) is 3.74 Å². The van der Waals surface area contributed by atoms with Gasteiger partial charge in [0.2, 0.25) is 0 Å². The van der Waals surface area contributed by atoms with Crippen molar-refractivity contribution < 1.29 is 0 Å². The van der Waals surface area contributed by atoms with Crippen LogP contribution >= 0.6 is 31.9 Å². The molecule has 0 aliphatic heterocycles. The van der Waals surface area contributed by atoms with Crippen LogP contribution in [0.15, 0.2) is 24.3 Å².